The van der Waals surface area contributed by atoms with Crippen molar-refractivity contribution in [3.63, 3.8) is 0 Å². The minimum Gasteiger partial charge on any atom is -0.335 e. The fraction of sp³-hybridized carbons (Fsp3) is 0.467. The van der Waals surface area contributed by atoms with E-state index in [1.165, 1.54) is 12.5 Å². The fourth-order valence-corrected chi connectivity index (χ4v) is 3.07. The Morgan fingerprint density at radius 2 is 1.86 bits per heavy atom. The van der Waals surface area contributed by atoms with Crippen molar-refractivity contribution in [1.82, 2.24) is 10.6 Å². The number of halogens is 2. The minimum atomic E-state index is -0.958. The number of carbonyl (C=O) groups excluding carboxylic acids is 2. The number of amides is 3. The van der Waals surface area contributed by atoms with E-state index in [9.17, 15) is 18.4 Å². The summed E-state index contributed by atoms with van der Waals surface area (Å²) in [6.07, 6.45) is 5.23. The Bertz CT molecular complexity index is 548. The largest absolute Gasteiger partial charge is 0.335 e. The predicted octanol–water partition coefficient (Wildman–Crippen LogP) is 3.22. The van der Waals surface area contributed by atoms with Crippen LogP contribution in [-0.4, -0.2) is 23.7 Å². The molecule has 0 heterocycles. The highest BCUT2D eigenvalue weighted by molar-refractivity contribution is 8.00. The number of thioether (sulfide) groups is 1. The van der Waals surface area contributed by atoms with Gasteiger partial charge in [0.15, 0.2) is 11.6 Å². The summed E-state index contributed by atoms with van der Waals surface area (Å²) in [6.45, 7) is 0. The third kappa shape index (κ3) is 5.29. The maximum atomic E-state index is 13.0. The van der Waals surface area contributed by atoms with E-state index in [1.807, 2.05) is 0 Å². The Labute approximate surface area is 132 Å². The molecule has 1 aromatic rings. The normalized spacial score (nSPS) is 15.4. The second-order valence-corrected chi connectivity index (χ2v) is 6.27. The smallest absolute Gasteiger partial charge is 0.321 e. The van der Waals surface area contributed by atoms with Crippen LogP contribution in [0, 0.1) is 11.6 Å². The van der Waals surface area contributed by atoms with Gasteiger partial charge in [-0.25, -0.2) is 13.6 Å². The van der Waals surface area contributed by atoms with Gasteiger partial charge in [0.2, 0.25) is 5.91 Å². The van der Waals surface area contributed by atoms with Crippen molar-refractivity contribution in [2.75, 3.05) is 5.75 Å². The number of carbonyl (C=O) groups is 2. The number of hydrogen-bond donors (Lipinski definition) is 2. The summed E-state index contributed by atoms with van der Waals surface area (Å²) in [5.74, 6) is -2.40. The summed E-state index contributed by atoms with van der Waals surface area (Å²) < 4.78 is 25.8. The molecule has 1 saturated carbocycles. The highest BCUT2D eigenvalue weighted by Crippen LogP contribution is 2.20. The fourth-order valence-electron chi connectivity index (χ4n) is 2.35. The Kier molecular flexibility index (Phi) is 6.18. The Hall–Kier alpha value is -1.63. The molecule has 0 unspecified atom stereocenters. The molecule has 0 radical (unpaired) electrons. The maximum absolute atomic E-state index is 13.0. The van der Waals surface area contributed by atoms with Gasteiger partial charge >= 0.3 is 6.03 Å². The second kappa shape index (κ2) is 8.12. The lowest BCUT2D eigenvalue weighted by molar-refractivity contribution is -0.117. The first-order valence-electron chi connectivity index (χ1n) is 7.23. The van der Waals surface area contributed by atoms with Gasteiger partial charge in [-0.2, -0.15) is 0 Å². The maximum Gasteiger partial charge on any atom is 0.321 e. The van der Waals surface area contributed by atoms with Crippen molar-refractivity contribution in [2.24, 2.45) is 0 Å². The SMILES string of the molecule is O=C(CSc1ccc(F)c(F)c1)NC(=O)NC1CCCCC1. The molecule has 0 aromatic heterocycles. The predicted molar refractivity (Wildman–Crippen MR) is 80.6 cm³/mol. The molecule has 0 atom stereocenters. The van der Waals surface area contributed by atoms with E-state index in [4.69, 9.17) is 0 Å². The number of imide groups is 1. The van der Waals surface area contributed by atoms with Crippen LogP contribution in [0.25, 0.3) is 0 Å². The van der Waals surface area contributed by atoms with Gasteiger partial charge in [0.05, 0.1) is 5.75 Å². The Morgan fingerprint density at radius 3 is 2.55 bits per heavy atom. The first-order chi connectivity index (χ1) is 10.5. The number of benzene rings is 1. The number of urea groups is 1. The van der Waals surface area contributed by atoms with Gasteiger partial charge in [0, 0.05) is 10.9 Å². The molecular formula is C15H18F2N2O2S. The van der Waals surface area contributed by atoms with E-state index in [1.54, 1.807) is 0 Å². The van der Waals surface area contributed by atoms with Gasteiger partial charge in [-0.15, -0.1) is 11.8 Å². The zero-order valence-electron chi connectivity index (χ0n) is 12.0. The lowest BCUT2D eigenvalue weighted by atomic mass is 9.96. The van der Waals surface area contributed by atoms with E-state index < -0.39 is 23.6 Å². The third-order valence-electron chi connectivity index (χ3n) is 3.45. The molecule has 2 rings (SSSR count). The van der Waals surface area contributed by atoms with E-state index >= 15 is 0 Å². The van der Waals surface area contributed by atoms with E-state index in [-0.39, 0.29) is 11.8 Å². The van der Waals surface area contributed by atoms with E-state index in [0.29, 0.717) is 4.90 Å². The molecule has 0 saturated heterocycles. The molecule has 120 valence electrons. The minimum absolute atomic E-state index is 0.0385. The first-order valence-corrected chi connectivity index (χ1v) is 8.21. The lowest BCUT2D eigenvalue weighted by Gasteiger charge is -2.22. The molecule has 3 amide bonds. The molecule has 1 aliphatic carbocycles. The average Bonchev–Trinajstić information content (AvgIpc) is 2.49. The molecule has 4 nitrogen and oxygen atoms in total. The van der Waals surface area contributed by atoms with Crippen LogP contribution in [0.15, 0.2) is 23.1 Å². The van der Waals surface area contributed by atoms with Crippen LogP contribution in [0.2, 0.25) is 0 Å². The van der Waals surface area contributed by atoms with Crippen LogP contribution in [0.1, 0.15) is 32.1 Å². The van der Waals surface area contributed by atoms with Crippen LogP contribution < -0.4 is 10.6 Å². The van der Waals surface area contributed by atoms with Crippen molar-refractivity contribution < 1.29 is 18.4 Å². The molecular weight excluding hydrogens is 310 g/mol. The van der Waals surface area contributed by atoms with E-state index in [0.717, 1.165) is 49.6 Å². The molecule has 0 bridgehead atoms. The quantitative estimate of drug-likeness (QED) is 0.835. The van der Waals surface area contributed by atoms with Crippen LogP contribution in [0.5, 0.6) is 0 Å². The van der Waals surface area contributed by atoms with Crippen LogP contribution in [0.3, 0.4) is 0 Å². The summed E-state index contributed by atoms with van der Waals surface area (Å²) >= 11 is 1.04. The highest BCUT2D eigenvalue weighted by Gasteiger charge is 2.17. The second-order valence-electron chi connectivity index (χ2n) is 5.22. The summed E-state index contributed by atoms with van der Waals surface area (Å²) in [7, 11) is 0. The molecule has 1 aromatic carbocycles. The number of rotatable bonds is 4. The van der Waals surface area contributed by atoms with Crippen LogP contribution in [-0.2, 0) is 4.79 Å². The van der Waals surface area contributed by atoms with Gasteiger partial charge in [-0.1, -0.05) is 19.3 Å². The van der Waals surface area contributed by atoms with Crippen molar-refractivity contribution in [3.8, 4) is 0 Å². The topological polar surface area (TPSA) is 58.2 Å². The average molecular weight is 328 g/mol. The monoisotopic (exact) mass is 328 g/mol. The Balaban J connectivity index is 1.72. The molecule has 0 spiro atoms. The molecule has 0 aliphatic heterocycles. The zero-order valence-corrected chi connectivity index (χ0v) is 12.8. The van der Waals surface area contributed by atoms with Crippen LogP contribution in [0.4, 0.5) is 13.6 Å². The van der Waals surface area contributed by atoms with Crippen molar-refractivity contribution in [2.45, 2.75) is 43.0 Å². The summed E-state index contributed by atoms with van der Waals surface area (Å²) in [6, 6.07) is 3.04. The summed E-state index contributed by atoms with van der Waals surface area (Å²) in [5.41, 5.74) is 0. The number of hydrogen-bond acceptors (Lipinski definition) is 3. The van der Waals surface area contributed by atoms with Crippen LogP contribution >= 0.6 is 11.8 Å². The molecule has 7 heteroatoms. The van der Waals surface area contributed by atoms with Gasteiger partial charge in [-0.3, -0.25) is 10.1 Å². The van der Waals surface area contributed by atoms with Crippen molar-refractivity contribution in [3.05, 3.63) is 29.8 Å². The molecule has 2 N–H and O–H groups in total. The summed E-state index contributed by atoms with van der Waals surface area (Å²) in [5, 5.41) is 5.02. The Morgan fingerprint density at radius 1 is 1.14 bits per heavy atom. The van der Waals surface area contributed by atoms with Crippen molar-refractivity contribution in [1.29, 1.82) is 0 Å². The summed E-state index contributed by atoms with van der Waals surface area (Å²) in [4.78, 5) is 23.8. The molecule has 1 aliphatic rings. The standard InChI is InChI=1S/C15H18F2N2O2S/c16-12-7-6-11(8-13(12)17)22-9-14(20)19-15(21)18-10-4-2-1-3-5-10/h6-8,10H,1-5,9H2,(H2,18,19,20,21). The van der Waals surface area contributed by atoms with Gasteiger partial charge in [0.25, 0.3) is 0 Å². The molecule has 1 fully saturated rings. The zero-order chi connectivity index (χ0) is 15.9. The highest BCUT2D eigenvalue weighted by atomic mass is 32.2. The van der Waals surface area contributed by atoms with Gasteiger partial charge in [-0.05, 0) is 31.0 Å². The first kappa shape index (κ1) is 16.7. The van der Waals surface area contributed by atoms with E-state index in [2.05, 4.69) is 10.6 Å². The van der Waals surface area contributed by atoms with Crippen molar-refractivity contribution >= 4 is 23.7 Å². The van der Waals surface area contributed by atoms with Gasteiger partial charge < -0.3 is 5.32 Å². The number of nitrogens with one attached hydrogen (secondary N) is 2. The van der Waals surface area contributed by atoms with Gasteiger partial charge in [0.1, 0.15) is 0 Å². The third-order valence-corrected chi connectivity index (χ3v) is 4.45. The lowest BCUT2D eigenvalue weighted by Crippen LogP contribution is -2.45. The molecule has 22 heavy (non-hydrogen) atoms.